The van der Waals surface area contributed by atoms with E-state index in [1.54, 1.807) is 0 Å². The Balaban J connectivity index is 1.57. The fourth-order valence-corrected chi connectivity index (χ4v) is 3.31. The normalized spacial score (nSPS) is 20.9. The lowest BCUT2D eigenvalue weighted by molar-refractivity contribution is 0.0541. The van der Waals surface area contributed by atoms with Crippen LogP contribution in [0.2, 0.25) is 0 Å². The van der Waals surface area contributed by atoms with Crippen molar-refractivity contribution in [1.82, 2.24) is 4.90 Å². The molecule has 1 saturated heterocycles. The van der Waals surface area contributed by atoms with Gasteiger partial charge in [0.25, 0.3) is 0 Å². The minimum Gasteiger partial charge on any atom is -0.490 e. The fraction of sp³-hybridized carbons (Fsp3) is 0.474. The Morgan fingerprint density at radius 3 is 2.91 bits per heavy atom. The second-order valence-electron chi connectivity index (χ2n) is 6.45. The molecule has 0 unspecified atom stereocenters. The molecular formula is C19H25NO2. The summed E-state index contributed by atoms with van der Waals surface area (Å²) in [6, 6.07) is 14.2. The topological polar surface area (TPSA) is 32.7 Å². The molecule has 0 aromatic heterocycles. The number of piperidine rings is 1. The number of benzene rings is 2. The van der Waals surface area contributed by atoms with Gasteiger partial charge in [-0.2, -0.15) is 0 Å². The molecule has 1 heterocycles. The van der Waals surface area contributed by atoms with Crippen LogP contribution in [0.1, 0.15) is 19.8 Å². The van der Waals surface area contributed by atoms with Crippen LogP contribution in [0.25, 0.3) is 10.8 Å². The first-order chi connectivity index (χ1) is 10.7. The van der Waals surface area contributed by atoms with Crippen molar-refractivity contribution in [3.8, 4) is 5.75 Å². The maximum Gasteiger partial charge on any atom is 0.127 e. The Labute approximate surface area is 132 Å². The number of fused-ring (bicyclic) bond motifs is 1. The van der Waals surface area contributed by atoms with Crippen LogP contribution >= 0.6 is 0 Å². The summed E-state index contributed by atoms with van der Waals surface area (Å²) in [7, 11) is 0. The SMILES string of the molecule is C[C@H]1CCCN(C[C@@H](O)COc2cccc3ccccc23)C1. The molecule has 1 aliphatic rings. The molecule has 3 nitrogen and oxygen atoms in total. The third-order valence-electron chi connectivity index (χ3n) is 4.39. The Hall–Kier alpha value is -1.58. The second kappa shape index (κ2) is 7.12. The largest absolute Gasteiger partial charge is 0.490 e. The predicted octanol–water partition coefficient (Wildman–Crippen LogP) is 3.31. The number of rotatable bonds is 5. The summed E-state index contributed by atoms with van der Waals surface area (Å²) in [4.78, 5) is 2.35. The summed E-state index contributed by atoms with van der Waals surface area (Å²) in [5, 5.41) is 12.5. The number of aliphatic hydroxyl groups is 1. The third kappa shape index (κ3) is 3.79. The number of β-amino-alcohol motifs (C(OH)–C–C–N with tert-alkyl or cyclic N) is 1. The van der Waals surface area contributed by atoms with Crippen LogP contribution in [0.4, 0.5) is 0 Å². The highest BCUT2D eigenvalue weighted by Crippen LogP contribution is 2.25. The highest BCUT2D eigenvalue weighted by Gasteiger charge is 2.19. The van der Waals surface area contributed by atoms with Crippen molar-refractivity contribution < 1.29 is 9.84 Å². The molecule has 22 heavy (non-hydrogen) atoms. The molecule has 2 atom stereocenters. The van der Waals surface area contributed by atoms with Gasteiger partial charge in [0.15, 0.2) is 0 Å². The fourth-order valence-electron chi connectivity index (χ4n) is 3.31. The van der Waals surface area contributed by atoms with Gasteiger partial charge >= 0.3 is 0 Å². The molecule has 2 aromatic carbocycles. The standard InChI is InChI=1S/C19H25NO2/c1-15-6-5-11-20(12-15)13-17(21)14-22-19-10-4-8-16-7-2-3-9-18(16)19/h2-4,7-10,15,17,21H,5-6,11-14H2,1H3/t15-,17+/m0/s1. The van der Waals surface area contributed by atoms with E-state index in [0.29, 0.717) is 13.2 Å². The molecule has 1 fully saturated rings. The molecule has 1 N–H and O–H groups in total. The smallest absolute Gasteiger partial charge is 0.127 e. The summed E-state index contributed by atoms with van der Waals surface area (Å²) < 4.78 is 5.87. The lowest BCUT2D eigenvalue weighted by atomic mass is 10.0. The molecule has 0 amide bonds. The van der Waals surface area contributed by atoms with Crippen LogP contribution in [-0.4, -0.2) is 42.4 Å². The van der Waals surface area contributed by atoms with E-state index in [2.05, 4.69) is 30.0 Å². The van der Waals surface area contributed by atoms with Crippen LogP contribution < -0.4 is 4.74 Å². The van der Waals surface area contributed by atoms with Crippen molar-refractivity contribution in [2.75, 3.05) is 26.2 Å². The van der Waals surface area contributed by atoms with E-state index >= 15 is 0 Å². The van der Waals surface area contributed by atoms with E-state index in [1.165, 1.54) is 18.2 Å². The molecule has 2 aromatic rings. The van der Waals surface area contributed by atoms with Gasteiger partial charge in [-0.05, 0) is 36.8 Å². The zero-order valence-corrected chi connectivity index (χ0v) is 13.2. The summed E-state index contributed by atoms with van der Waals surface area (Å²) in [5.41, 5.74) is 0. The van der Waals surface area contributed by atoms with Gasteiger partial charge < -0.3 is 14.7 Å². The van der Waals surface area contributed by atoms with Gasteiger partial charge in [0, 0.05) is 18.5 Å². The average molecular weight is 299 g/mol. The molecule has 1 aliphatic heterocycles. The number of likely N-dealkylation sites (tertiary alicyclic amines) is 1. The molecule has 3 rings (SSSR count). The van der Waals surface area contributed by atoms with Gasteiger partial charge in [-0.1, -0.05) is 43.3 Å². The van der Waals surface area contributed by atoms with Gasteiger partial charge in [0.05, 0.1) is 0 Å². The van der Waals surface area contributed by atoms with Crippen LogP contribution in [0.15, 0.2) is 42.5 Å². The van der Waals surface area contributed by atoms with E-state index in [9.17, 15) is 5.11 Å². The van der Waals surface area contributed by atoms with Crippen molar-refractivity contribution in [1.29, 1.82) is 0 Å². The highest BCUT2D eigenvalue weighted by atomic mass is 16.5. The van der Waals surface area contributed by atoms with Crippen LogP contribution in [-0.2, 0) is 0 Å². The predicted molar refractivity (Wildman–Crippen MR) is 90.3 cm³/mol. The lowest BCUT2D eigenvalue weighted by Gasteiger charge is -2.32. The van der Waals surface area contributed by atoms with Gasteiger partial charge in [0.2, 0.25) is 0 Å². The first-order valence-corrected chi connectivity index (χ1v) is 8.23. The molecule has 0 spiro atoms. The van der Waals surface area contributed by atoms with E-state index in [0.717, 1.165) is 30.1 Å². The van der Waals surface area contributed by atoms with Gasteiger partial charge in [-0.25, -0.2) is 0 Å². The van der Waals surface area contributed by atoms with E-state index in [1.807, 2.05) is 24.3 Å². The average Bonchev–Trinajstić information content (AvgIpc) is 2.53. The number of ether oxygens (including phenoxy) is 1. The third-order valence-corrected chi connectivity index (χ3v) is 4.39. The Kier molecular flexibility index (Phi) is 4.96. The summed E-state index contributed by atoms with van der Waals surface area (Å²) in [6.07, 6.45) is 2.10. The molecule has 0 saturated carbocycles. The first kappa shape index (κ1) is 15.3. The summed E-state index contributed by atoms with van der Waals surface area (Å²) >= 11 is 0. The van der Waals surface area contributed by atoms with Crippen LogP contribution in [0, 0.1) is 5.92 Å². The number of aliphatic hydroxyl groups excluding tert-OH is 1. The van der Waals surface area contributed by atoms with Crippen LogP contribution in [0.5, 0.6) is 5.75 Å². The van der Waals surface area contributed by atoms with E-state index in [-0.39, 0.29) is 0 Å². The maximum atomic E-state index is 10.3. The first-order valence-electron chi connectivity index (χ1n) is 8.23. The Morgan fingerprint density at radius 1 is 1.23 bits per heavy atom. The number of hydrogen-bond acceptors (Lipinski definition) is 3. The van der Waals surface area contributed by atoms with Crippen molar-refractivity contribution >= 4 is 10.8 Å². The van der Waals surface area contributed by atoms with Crippen LogP contribution in [0.3, 0.4) is 0 Å². The minimum absolute atomic E-state index is 0.346. The van der Waals surface area contributed by atoms with E-state index in [4.69, 9.17) is 4.74 Å². The zero-order valence-electron chi connectivity index (χ0n) is 13.2. The summed E-state index contributed by atoms with van der Waals surface area (Å²) in [5.74, 6) is 1.59. The van der Waals surface area contributed by atoms with Crippen molar-refractivity contribution in [3.63, 3.8) is 0 Å². The number of hydrogen-bond donors (Lipinski definition) is 1. The second-order valence-corrected chi connectivity index (χ2v) is 6.45. The lowest BCUT2D eigenvalue weighted by Crippen LogP contribution is -2.41. The molecule has 3 heteroatoms. The summed E-state index contributed by atoms with van der Waals surface area (Å²) in [6.45, 7) is 5.51. The Morgan fingerprint density at radius 2 is 2.05 bits per heavy atom. The zero-order chi connectivity index (χ0) is 15.4. The van der Waals surface area contributed by atoms with Crippen molar-refractivity contribution in [2.45, 2.75) is 25.9 Å². The molecule has 118 valence electrons. The molecule has 0 aliphatic carbocycles. The van der Waals surface area contributed by atoms with Gasteiger partial charge in [-0.15, -0.1) is 0 Å². The minimum atomic E-state index is -0.440. The van der Waals surface area contributed by atoms with E-state index < -0.39 is 6.10 Å². The Bertz CT molecular complexity index is 608. The molecular weight excluding hydrogens is 274 g/mol. The molecule has 0 radical (unpaired) electrons. The monoisotopic (exact) mass is 299 g/mol. The molecule has 0 bridgehead atoms. The number of nitrogens with zero attached hydrogens (tertiary/aromatic N) is 1. The van der Waals surface area contributed by atoms with Crippen molar-refractivity contribution in [3.05, 3.63) is 42.5 Å². The van der Waals surface area contributed by atoms with Gasteiger partial charge in [-0.3, -0.25) is 0 Å². The van der Waals surface area contributed by atoms with Crippen molar-refractivity contribution in [2.24, 2.45) is 5.92 Å². The highest BCUT2D eigenvalue weighted by molar-refractivity contribution is 5.88. The maximum absolute atomic E-state index is 10.3. The quantitative estimate of drug-likeness (QED) is 0.919. The van der Waals surface area contributed by atoms with Gasteiger partial charge in [0.1, 0.15) is 18.5 Å².